The maximum atomic E-state index is 12.2. The molecule has 2 aromatic carbocycles. The largest absolute Gasteiger partial charge is 0.378 e. The van der Waals surface area contributed by atoms with E-state index < -0.39 is 0 Å². The minimum absolute atomic E-state index is 0.150. The van der Waals surface area contributed by atoms with E-state index >= 15 is 0 Å². The molecular formula is C16H16N6O. The fourth-order valence-corrected chi connectivity index (χ4v) is 2.10. The minimum atomic E-state index is -0.150. The Balaban J connectivity index is 1.70. The maximum Gasteiger partial charge on any atom is 0.255 e. The molecule has 3 aromatic rings. The zero-order valence-electron chi connectivity index (χ0n) is 12.8. The number of tetrazole rings is 1. The van der Waals surface area contributed by atoms with Crippen LogP contribution in [0.1, 0.15) is 10.4 Å². The third-order valence-corrected chi connectivity index (χ3v) is 3.39. The molecule has 1 amide bonds. The van der Waals surface area contributed by atoms with Gasteiger partial charge in [-0.05, 0) is 53.7 Å². The Morgan fingerprint density at radius 2 is 1.74 bits per heavy atom. The monoisotopic (exact) mass is 308 g/mol. The standard InChI is InChI=1S/C16H16N6O/c1-22(2)14-9-5-12(6-10-14)16(23)17-13-7-3-11(4-8-13)15-18-20-21-19-15/h3-10H,1-2H3,(H,17,23)(H,18,19,20,21). The molecule has 116 valence electrons. The summed E-state index contributed by atoms with van der Waals surface area (Å²) in [5.41, 5.74) is 3.19. The Kier molecular flexibility index (Phi) is 4.01. The van der Waals surface area contributed by atoms with Crippen molar-refractivity contribution in [2.24, 2.45) is 0 Å². The van der Waals surface area contributed by atoms with Gasteiger partial charge in [-0.3, -0.25) is 4.79 Å². The van der Waals surface area contributed by atoms with Crippen LogP contribution < -0.4 is 10.2 Å². The Hall–Kier alpha value is -3.22. The second-order valence-electron chi connectivity index (χ2n) is 5.21. The van der Waals surface area contributed by atoms with E-state index in [9.17, 15) is 4.79 Å². The average Bonchev–Trinajstić information content (AvgIpc) is 3.10. The molecule has 0 saturated carbocycles. The van der Waals surface area contributed by atoms with Crippen LogP contribution >= 0.6 is 0 Å². The van der Waals surface area contributed by atoms with E-state index in [1.807, 2.05) is 43.3 Å². The molecule has 0 aliphatic heterocycles. The lowest BCUT2D eigenvalue weighted by Crippen LogP contribution is -2.13. The van der Waals surface area contributed by atoms with Gasteiger partial charge in [-0.1, -0.05) is 0 Å². The van der Waals surface area contributed by atoms with Crippen LogP contribution in [0.3, 0.4) is 0 Å². The molecule has 0 saturated heterocycles. The summed E-state index contributed by atoms with van der Waals surface area (Å²) >= 11 is 0. The summed E-state index contributed by atoms with van der Waals surface area (Å²) in [4.78, 5) is 14.2. The lowest BCUT2D eigenvalue weighted by molar-refractivity contribution is 0.102. The van der Waals surface area contributed by atoms with Crippen LogP contribution in [0.4, 0.5) is 11.4 Å². The molecule has 2 N–H and O–H groups in total. The van der Waals surface area contributed by atoms with Crippen molar-refractivity contribution in [3.8, 4) is 11.4 Å². The minimum Gasteiger partial charge on any atom is -0.378 e. The summed E-state index contributed by atoms with van der Waals surface area (Å²) in [5, 5.41) is 16.6. The molecule has 0 spiro atoms. The van der Waals surface area contributed by atoms with Gasteiger partial charge in [0.2, 0.25) is 5.82 Å². The summed E-state index contributed by atoms with van der Waals surface area (Å²) in [5.74, 6) is 0.366. The summed E-state index contributed by atoms with van der Waals surface area (Å²) in [7, 11) is 3.92. The lowest BCUT2D eigenvalue weighted by Gasteiger charge is -2.12. The highest BCUT2D eigenvalue weighted by atomic mass is 16.1. The number of hydrogen-bond acceptors (Lipinski definition) is 5. The zero-order valence-corrected chi connectivity index (χ0v) is 12.8. The summed E-state index contributed by atoms with van der Waals surface area (Å²) in [6.45, 7) is 0. The van der Waals surface area contributed by atoms with Crippen molar-refractivity contribution >= 4 is 17.3 Å². The van der Waals surface area contributed by atoms with Gasteiger partial charge in [0.1, 0.15) is 0 Å². The Morgan fingerprint density at radius 3 is 2.30 bits per heavy atom. The molecule has 23 heavy (non-hydrogen) atoms. The van der Waals surface area contributed by atoms with Gasteiger partial charge >= 0.3 is 0 Å². The van der Waals surface area contributed by atoms with Crippen LogP contribution in [0.25, 0.3) is 11.4 Å². The highest BCUT2D eigenvalue weighted by Crippen LogP contribution is 2.18. The number of nitrogens with one attached hydrogen (secondary N) is 2. The van der Waals surface area contributed by atoms with Crippen LogP contribution in [0.5, 0.6) is 0 Å². The fraction of sp³-hybridized carbons (Fsp3) is 0.125. The first-order valence-electron chi connectivity index (χ1n) is 7.06. The number of H-pyrrole nitrogens is 1. The summed E-state index contributed by atoms with van der Waals surface area (Å²) < 4.78 is 0. The Labute approximate surface area is 133 Å². The van der Waals surface area contributed by atoms with Crippen molar-refractivity contribution in [2.75, 3.05) is 24.3 Å². The Morgan fingerprint density at radius 1 is 1.04 bits per heavy atom. The van der Waals surface area contributed by atoms with Gasteiger partial charge < -0.3 is 10.2 Å². The first-order valence-corrected chi connectivity index (χ1v) is 7.06. The average molecular weight is 308 g/mol. The molecule has 3 rings (SSSR count). The fourth-order valence-electron chi connectivity index (χ4n) is 2.10. The summed E-state index contributed by atoms with van der Waals surface area (Å²) in [6, 6.07) is 14.7. The number of nitrogens with zero attached hydrogens (tertiary/aromatic N) is 4. The molecular weight excluding hydrogens is 292 g/mol. The quantitative estimate of drug-likeness (QED) is 0.771. The van der Waals surface area contributed by atoms with Crippen LogP contribution in [0.15, 0.2) is 48.5 Å². The van der Waals surface area contributed by atoms with Gasteiger partial charge in [-0.25, -0.2) is 0 Å². The topological polar surface area (TPSA) is 86.8 Å². The third-order valence-electron chi connectivity index (χ3n) is 3.39. The van der Waals surface area contributed by atoms with Gasteiger partial charge in [-0.2, -0.15) is 5.21 Å². The van der Waals surface area contributed by atoms with Crippen molar-refractivity contribution in [1.82, 2.24) is 20.6 Å². The molecule has 7 nitrogen and oxygen atoms in total. The number of benzene rings is 2. The number of amides is 1. The molecule has 0 radical (unpaired) electrons. The molecule has 0 fully saturated rings. The molecule has 0 unspecified atom stereocenters. The van der Waals surface area contributed by atoms with Crippen molar-refractivity contribution in [1.29, 1.82) is 0 Å². The van der Waals surface area contributed by atoms with Gasteiger partial charge in [0.05, 0.1) is 0 Å². The number of rotatable bonds is 4. The molecule has 0 aliphatic rings. The molecule has 0 atom stereocenters. The van der Waals surface area contributed by atoms with Crippen LogP contribution in [0, 0.1) is 0 Å². The third kappa shape index (κ3) is 3.34. The number of anilines is 2. The predicted molar refractivity (Wildman–Crippen MR) is 88.3 cm³/mol. The number of hydrogen-bond donors (Lipinski definition) is 2. The highest BCUT2D eigenvalue weighted by molar-refractivity contribution is 6.04. The van der Waals surface area contributed by atoms with E-state index in [1.165, 1.54) is 0 Å². The van der Waals surface area contributed by atoms with E-state index in [1.54, 1.807) is 24.3 Å². The zero-order chi connectivity index (χ0) is 16.2. The van der Waals surface area contributed by atoms with Crippen molar-refractivity contribution in [2.45, 2.75) is 0 Å². The second-order valence-corrected chi connectivity index (χ2v) is 5.21. The van der Waals surface area contributed by atoms with E-state index in [0.717, 1.165) is 11.3 Å². The molecule has 0 bridgehead atoms. The van der Waals surface area contributed by atoms with E-state index in [-0.39, 0.29) is 5.91 Å². The molecule has 1 heterocycles. The van der Waals surface area contributed by atoms with Crippen molar-refractivity contribution < 1.29 is 4.79 Å². The van der Waals surface area contributed by atoms with E-state index in [4.69, 9.17) is 0 Å². The van der Waals surface area contributed by atoms with Crippen molar-refractivity contribution in [3.05, 3.63) is 54.1 Å². The normalized spacial score (nSPS) is 10.3. The predicted octanol–water partition coefficient (Wildman–Crippen LogP) is 2.18. The van der Waals surface area contributed by atoms with Gasteiger partial charge in [0.25, 0.3) is 5.91 Å². The van der Waals surface area contributed by atoms with Gasteiger partial charge in [-0.15, -0.1) is 10.2 Å². The number of aromatic nitrogens is 4. The van der Waals surface area contributed by atoms with Crippen LogP contribution in [0.2, 0.25) is 0 Å². The number of aromatic amines is 1. The molecule has 1 aromatic heterocycles. The smallest absolute Gasteiger partial charge is 0.255 e. The summed E-state index contributed by atoms with van der Waals surface area (Å²) in [6.07, 6.45) is 0. The first-order chi connectivity index (χ1) is 11.1. The molecule has 7 heteroatoms. The lowest BCUT2D eigenvalue weighted by atomic mass is 10.1. The van der Waals surface area contributed by atoms with E-state index in [2.05, 4.69) is 25.9 Å². The maximum absolute atomic E-state index is 12.2. The second kappa shape index (κ2) is 6.27. The first kappa shape index (κ1) is 14.7. The highest BCUT2D eigenvalue weighted by Gasteiger charge is 2.07. The van der Waals surface area contributed by atoms with Crippen LogP contribution in [-0.4, -0.2) is 40.6 Å². The van der Waals surface area contributed by atoms with Gasteiger partial charge in [0, 0.05) is 36.6 Å². The SMILES string of the molecule is CN(C)c1ccc(C(=O)Nc2ccc(-c3nn[nH]n3)cc2)cc1. The Bertz CT molecular complexity index is 778. The van der Waals surface area contributed by atoms with Gasteiger partial charge in [0.15, 0.2) is 0 Å². The number of carbonyl (C=O) groups is 1. The van der Waals surface area contributed by atoms with Crippen molar-refractivity contribution in [3.63, 3.8) is 0 Å². The van der Waals surface area contributed by atoms with E-state index in [0.29, 0.717) is 17.1 Å². The number of carbonyl (C=O) groups excluding carboxylic acids is 1. The van der Waals surface area contributed by atoms with Crippen LogP contribution in [-0.2, 0) is 0 Å². The molecule has 0 aliphatic carbocycles.